The normalized spacial score (nSPS) is 16.4. The minimum atomic E-state index is 0.443. The van der Waals surface area contributed by atoms with Crippen LogP contribution in [0.1, 0.15) is 44.3 Å². The number of aryl methyl sites for hydroxylation is 1. The number of hydrogen-bond donors (Lipinski definition) is 0. The van der Waals surface area contributed by atoms with Gasteiger partial charge in [0, 0.05) is 38.6 Å². The molecule has 0 aliphatic carbocycles. The van der Waals surface area contributed by atoms with Gasteiger partial charge in [0.15, 0.2) is 5.82 Å². The van der Waals surface area contributed by atoms with Crippen LogP contribution in [0, 0.1) is 11.3 Å². The third kappa shape index (κ3) is 4.29. The second kappa shape index (κ2) is 7.98. The number of ether oxygens (including phenoxy) is 1. The fraction of sp³-hybridized carbons (Fsp3) is 0.786. The Morgan fingerprint density at radius 2 is 2.20 bits per heavy atom. The maximum absolute atomic E-state index is 8.80. The van der Waals surface area contributed by atoms with Crippen LogP contribution in [0.15, 0.2) is 4.52 Å². The maximum Gasteiger partial charge on any atom is 0.240 e. The number of hydrogen-bond acceptors (Lipinski definition) is 6. The first-order valence-electron chi connectivity index (χ1n) is 7.33. The van der Waals surface area contributed by atoms with E-state index in [9.17, 15) is 0 Å². The lowest BCUT2D eigenvalue weighted by atomic mass is 10.1. The van der Waals surface area contributed by atoms with Gasteiger partial charge in [-0.05, 0) is 19.3 Å². The van der Waals surface area contributed by atoms with E-state index in [1.165, 1.54) is 0 Å². The van der Waals surface area contributed by atoms with Gasteiger partial charge in [0.2, 0.25) is 5.89 Å². The fourth-order valence-electron chi connectivity index (χ4n) is 2.49. The van der Waals surface area contributed by atoms with Crippen LogP contribution in [0.2, 0.25) is 0 Å². The quantitative estimate of drug-likeness (QED) is 0.758. The van der Waals surface area contributed by atoms with Gasteiger partial charge in [-0.3, -0.25) is 4.90 Å². The molecule has 0 spiro atoms. The molecule has 2 heterocycles. The molecule has 0 aromatic carbocycles. The van der Waals surface area contributed by atoms with E-state index in [0.717, 1.165) is 51.3 Å². The summed E-state index contributed by atoms with van der Waals surface area (Å²) in [4.78, 5) is 6.68. The summed E-state index contributed by atoms with van der Waals surface area (Å²) in [6, 6.07) is 2.65. The van der Waals surface area contributed by atoms with Crippen molar-refractivity contribution in [3.8, 4) is 6.07 Å². The first-order chi connectivity index (χ1) is 9.83. The average molecular weight is 278 g/mol. The number of aromatic nitrogens is 2. The summed E-state index contributed by atoms with van der Waals surface area (Å²) in [7, 11) is 0. The fourth-order valence-corrected chi connectivity index (χ4v) is 2.49. The molecule has 1 aliphatic rings. The summed E-state index contributed by atoms with van der Waals surface area (Å²) in [6.07, 6.45) is 4.38. The van der Waals surface area contributed by atoms with Crippen molar-refractivity contribution in [2.24, 2.45) is 0 Å². The van der Waals surface area contributed by atoms with E-state index in [4.69, 9.17) is 14.5 Å². The molecule has 0 unspecified atom stereocenters. The van der Waals surface area contributed by atoms with Gasteiger partial charge in [-0.25, -0.2) is 0 Å². The topological polar surface area (TPSA) is 75.2 Å². The zero-order valence-electron chi connectivity index (χ0n) is 12.0. The molecule has 110 valence electrons. The first kappa shape index (κ1) is 14.9. The summed E-state index contributed by atoms with van der Waals surface area (Å²) in [5.74, 6) is 1.42. The Morgan fingerprint density at radius 1 is 1.40 bits per heavy atom. The zero-order valence-corrected chi connectivity index (χ0v) is 12.0. The molecule has 2 rings (SSSR count). The van der Waals surface area contributed by atoms with Gasteiger partial charge in [-0.2, -0.15) is 10.2 Å². The Hall–Kier alpha value is -1.45. The summed E-state index contributed by atoms with van der Waals surface area (Å²) in [5, 5.41) is 12.8. The van der Waals surface area contributed by atoms with E-state index in [1.807, 2.05) is 0 Å². The molecular weight excluding hydrogens is 256 g/mol. The molecule has 0 bridgehead atoms. The molecule has 6 nitrogen and oxygen atoms in total. The number of rotatable bonds is 7. The van der Waals surface area contributed by atoms with Crippen LogP contribution in [0.25, 0.3) is 0 Å². The molecule has 0 amide bonds. The van der Waals surface area contributed by atoms with E-state index in [2.05, 4.69) is 28.0 Å². The third-order valence-corrected chi connectivity index (χ3v) is 3.54. The van der Waals surface area contributed by atoms with Gasteiger partial charge in [-0.15, -0.1) is 0 Å². The van der Waals surface area contributed by atoms with Crippen LogP contribution < -0.4 is 0 Å². The Bertz CT molecular complexity index is 435. The first-order valence-corrected chi connectivity index (χ1v) is 7.33. The van der Waals surface area contributed by atoms with E-state index in [-0.39, 0.29) is 0 Å². The lowest BCUT2D eigenvalue weighted by molar-refractivity contribution is 0.0281. The van der Waals surface area contributed by atoms with Crippen LogP contribution >= 0.6 is 0 Å². The summed E-state index contributed by atoms with van der Waals surface area (Å²) in [5.41, 5.74) is 0. The molecular formula is C14H22N4O2. The van der Waals surface area contributed by atoms with Gasteiger partial charge in [0.25, 0.3) is 0 Å². The van der Waals surface area contributed by atoms with Crippen molar-refractivity contribution in [2.45, 2.75) is 51.6 Å². The van der Waals surface area contributed by atoms with Crippen molar-refractivity contribution in [3.63, 3.8) is 0 Å². The molecule has 0 N–H and O–H groups in total. The van der Waals surface area contributed by atoms with Gasteiger partial charge in [0.05, 0.1) is 12.6 Å². The van der Waals surface area contributed by atoms with Crippen molar-refractivity contribution in [1.29, 1.82) is 5.26 Å². The minimum absolute atomic E-state index is 0.443. The van der Waals surface area contributed by atoms with E-state index >= 15 is 0 Å². The smallest absolute Gasteiger partial charge is 0.240 e. The van der Waals surface area contributed by atoms with Gasteiger partial charge in [-0.1, -0.05) is 12.1 Å². The Morgan fingerprint density at radius 3 is 2.90 bits per heavy atom. The number of nitriles is 1. The van der Waals surface area contributed by atoms with Crippen LogP contribution in [-0.4, -0.2) is 40.8 Å². The van der Waals surface area contributed by atoms with Crippen molar-refractivity contribution in [3.05, 3.63) is 11.7 Å². The minimum Gasteiger partial charge on any atom is -0.381 e. The Kier molecular flexibility index (Phi) is 5.96. The molecule has 1 fully saturated rings. The molecule has 20 heavy (non-hydrogen) atoms. The van der Waals surface area contributed by atoms with Crippen molar-refractivity contribution < 1.29 is 9.26 Å². The summed E-state index contributed by atoms with van der Waals surface area (Å²) < 4.78 is 10.7. The van der Waals surface area contributed by atoms with Crippen LogP contribution in [0.5, 0.6) is 0 Å². The Labute approximate surface area is 119 Å². The molecule has 0 saturated carbocycles. The van der Waals surface area contributed by atoms with Crippen molar-refractivity contribution in [2.75, 3.05) is 19.8 Å². The molecule has 1 saturated heterocycles. The molecule has 6 heteroatoms. The highest BCUT2D eigenvalue weighted by molar-refractivity contribution is 4.88. The van der Waals surface area contributed by atoms with E-state index < -0.39 is 0 Å². The largest absolute Gasteiger partial charge is 0.381 e. The SMILES string of the molecule is CCCc1noc(CN(CCC#N)C2CCOCC2)n1. The van der Waals surface area contributed by atoms with Crippen molar-refractivity contribution in [1.82, 2.24) is 15.0 Å². The van der Waals surface area contributed by atoms with Crippen molar-refractivity contribution >= 4 is 0 Å². The molecule has 0 atom stereocenters. The highest BCUT2D eigenvalue weighted by Gasteiger charge is 2.23. The maximum atomic E-state index is 8.80. The highest BCUT2D eigenvalue weighted by Crippen LogP contribution is 2.17. The van der Waals surface area contributed by atoms with Gasteiger partial charge >= 0.3 is 0 Å². The monoisotopic (exact) mass is 278 g/mol. The lowest BCUT2D eigenvalue weighted by Gasteiger charge is -2.32. The highest BCUT2D eigenvalue weighted by atomic mass is 16.5. The van der Waals surface area contributed by atoms with Crippen LogP contribution in [0.3, 0.4) is 0 Å². The van der Waals surface area contributed by atoms with Gasteiger partial charge < -0.3 is 9.26 Å². The van der Waals surface area contributed by atoms with Crippen LogP contribution in [0.4, 0.5) is 0 Å². The Balaban J connectivity index is 1.96. The molecule has 1 aromatic heterocycles. The van der Waals surface area contributed by atoms with Crippen LogP contribution in [-0.2, 0) is 17.7 Å². The molecule has 0 radical (unpaired) electrons. The second-order valence-electron chi connectivity index (χ2n) is 5.08. The second-order valence-corrected chi connectivity index (χ2v) is 5.08. The van der Waals surface area contributed by atoms with E-state index in [1.54, 1.807) is 0 Å². The summed E-state index contributed by atoms with van der Waals surface area (Å²) in [6.45, 7) is 5.05. The third-order valence-electron chi connectivity index (χ3n) is 3.54. The zero-order chi connectivity index (χ0) is 14.2. The lowest BCUT2D eigenvalue weighted by Crippen LogP contribution is -2.39. The predicted octanol–water partition coefficient (Wildman–Crippen LogP) is 1.92. The standard InChI is InChI=1S/C14H22N4O2/c1-2-4-13-16-14(20-17-13)11-18(8-3-7-15)12-5-9-19-10-6-12/h12H,2-6,8-11H2,1H3. The number of nitrogens with zero attached hydrogens (tertiary/aromatic N) is 4. The molecule has 1 aliphatic heterocycles. The van der Waals surface area contributed by atoms with E-state index in [0.29, 0.717) is 24.9 Å². The average Bonchev–Trinajstić information content (AvgIpc) is 2.92. The molecule has 1 aromatic rings. The van der Waals surface area contributed by atoms with Gasteiger partial charge in [0.1, 0.15) is 0 Å². The predicted molar refractivity (Wildman–Crippen MR) is 72.8 cm³/mol. The summed E-state index contributed by atoms with van der Waals surface area (Å²) >= 11 is 0.